The van der Waals surface area contributed by atoms with E-state index in [-0.39, 0.29) is 5.82 Å². The van der Waals surface area contributed by atoms with Crippen LogP contribution in [0, 0.1) is 19.7 Å². The first-order chi connectivity index (χ1) is 8.95. The zero-order valence-electron chi connectivity index (χ0n) is 11.0. The van der Waals surface area contributed by atoms with Crippen LogP contribution in [0.1, 0.15) is 30.0 Å². The molecule has 5 heteroatoms. The third-order valence-electron chi connectivity index (χ3n) is 2.60. The third kappa shape index (κ3) is 3.52. The van der Waals surface area contributed by atoms with Gasteiger partial charge in [-0.1, -0.05) is 6.07 Å². The van der Waals surface area contributed by atoms with Crippen molar-refractivity contribution in [3.63, 3.8) is 0 Å². The predicted molar refractivity (Wildman–Crippen MR) is 72.7 cm³/mol. The second kappa shape index (κ2) is 5.67. The van der Waals surface area contributed by atoms with Gasteiger partial charge in [-0.05, 0) is 56.3 Å². The van der Waals surface area contributed by atoms with Crippen LogP contribution in [0.15, 0.2) is 34.3 Å². The molecule has 0 saturated carbocycles. The van der Waals surface area contributed by atoms with Gasteiger partial charge in [-0.15, -0.1) is 0 Å². The van der Waals surface area contributed by atoms with Crippen molar-refractivity contribution in [2.45, 2.75) is 36.9 Å². The van der Waals surface area contributed by atoms with Crippen LogP contribution in [0.5, 0.6) is 0 Å². The van der Waals surface area contributed by atoms with Crippen molar-refractivity contribution in [1.82, 2.24) is 9.97 Å². The third-order valence-corrected chi connectivity index (χ3v) is 3.52. The monoisotopic (exact) mass is 278 g/mol. The molecule has 2 rings (SSSR count). The van der Waals surface area contributed by atoms with Crippen LogP contribution in [0.3, 0.4) is 0 Å². The number of hydrogen-bond donors (Lipinski definition) is 1. The fourth-order valence-corrected chi connectivity index (χ4v) is 2.57. The van der Waals surface area contributed by atoms with Gasteiger partial charge in [0.2, 0.25) is 0 Å². The van der Waals surface area contributed by atoms with Gasteiger partial charge in [0.05, 0.1) is 11.0 Å². The number of aliphatic hydroxyl groups is 1. The first-order valence-electron chi connectivity index (χ1n) is 5.93. The lowest BCUT2D eigenvalue weighted by atomic mass is 10.1. The molecule has 1 aromatic carbocycles. The van der Waals surface area contributed by atoms with Crippen molar-refractivity contribution in [3.05, 3.63) is 47.0 Å². The Bertz CT molecular complexity index is 582. The molecule has 19 heavy (non-hydrogen) atoms. The van der Waals surface area contributed by atoms with E-state index in [1.807, 2.05) is 19.9 Å². The number of benzene rings is 1. The van der Waals surface area contributed by atoms with Crippen molar-refractivity contribution in [2.75, 3.05) is 0 Å². The van der Waals surface area contributed by atoms with Crippen LogP contribution in [-0.2, 0) is 0 Å². The number of nitrogens with zero attached hydrogens (tertiary/aromatic N) is 2. The molecule has 2 aromatic rings. The molecule has 0 spiro atoms. The zero-order chi connectivity index (χ0) is 14.0. The average molecular weight is 278 g/mol. The lowest BCUT2D eigenvalue weighted by Crippen LogP contribution is -1.95. The first-order valence-corrected chi connectivity index (χ1v) is 6.75. The molecule has 0 fully saturated rings. The summed E-state index contributed by atoms with van der Waals surface area (Å²) < 4.78 is 13.9. The molecule has 1 heterocycles. The van der Waals surface area contributed by atoms with E-state index in [4.69, 9.17) is 0 Å². The van der Waals surface area contributed by atoms with Crippen LogP contribution >= 0.6 is 11.8 Å². The zero-order valence-corrected chi connectivity index (χ0v) is 11.8. The number of aliphatic hydroxyl groups excluding tert-OH is 1. The molecular weight excluding hydrogens is 263 g/mol. The molecule has 0 bridgehead atoms. The summed E-state index contributed by atoms with van der Waals surface area (Å²) in [4.78, 5) is 8.98. The Balaban J connectivity index is 2.28. The Kier molecular flexibility index (Phi) is 4.17. The van der Waals surface area contributed by atoms with Gasteiger partial charge in [0.25, 0.3) is 0 Å². The highest BCUT2D eigenvalue weighted by Gasteiger charge is 2.10. The summed E-state index contributed by atoms with van der Waals surface area (Å²) >= 11 is 1.18. The molecule has 0 saturated heterocycles. The second-order valence-electron chi connectivity index (χ2n) is 4.40. The van der Waals surface area contributed by atoms with Gasteiger partial charge in [-0.2, -0.15) is 0 Å². The molecule has 0 aliphatic heterocycles. The van der Waals surface area contributed by atoms with Crippen molar-refractivity contribution < 1.29 is 9.50 Å². The van der Waals surface area contributed by atoms with E-state index in [1.165, 1.54) is 17.8 Å². The van der Waals surface area contributed by atoms with Crippen LogP contribution in [0.2, 0.25) is 0 Å². The normalized spacial score (nSPS) is 12.5. The Labute approximate surface area is 115 Å². The van der Waals surface area contributed by atoms with Gasteiger partial charge in [0.1, 0.15) is 5.82 Å². The number of aromatic nitrogens is 2. The molecule has 1 N–H and O–H groups in total. The maximum Gasteiger partial charge on any atom is 0.192 e. The van der Waals surface area contributed by atoms with Crippen molar-refractivity contribution >= 4 is 11.8 Å². The summed E-state index contributed by atoms with van der Waals surface area (Å²) in [7, 11) is 0. The highest BCUT2D eigenvalue weighted by atomic mass is 32.2. The number of halogens is 1. The van der Waals surface area contributed by atoms with E-state index in [9.17, 15) is 9.50 Å². The van der Waals surface area contributed by atoms with E-state index in [1.54, 1.807) is 19.1 Å². The van der Waals surface area contributed by atoms with E-state index in [2.05, 4.69) is 9.97 Å². The maximum atomic E-state index is 13.9. The molecule has 0 radical (unpaired) electrons. The van der Waals surface area contributed by atoms with E-state index in [0.717, 1.165) is 11.4 Å². The summed E-state index contributed by atoms with van der Waals surface area (Å²) in [6.45, 7) is 5.37. The molecule has 0 aliphatic carbocycles. The number of rotatable bonds is 3. The quantitative estimate of drug-likeness (QED) is 0.874. The van der Waals surface area contributed by atoms with Crippen LogP contribution in [0.25, 0.3) is 0 Å². The molecule has 3 nitrogen and oxygen atoms in total. The molecule has 1 aromatic heterocycles. The standard InChI is InChI=1S/C14H15FN2OS/c1-8-6-9(2)17-14(16-8)19-13-5-4-11(10(3)18)7-12(13)15/h4-7,10,18H,1-3H3. The van der Waals surface area contributed by atoms with Gasteiger partial charge in [0.15, 0.2) is 5.16 Å². The fourth-order valence-electron chi connectivity index (χ4n) is 1.70. The SMILES string of the molecule is Cc1cc(C)nc(Sc2ccc(C(C)O)cc2F)n1. The summed E-state index contributed by atoms with van der Waals surface area (Å²) in [5, 5.41) is 9.93. The molecule has 0 aliphatic rings. The summed E-state index contributed by atoms with van der Waals surface area (Å²) in [5.74, 6) is -0.369. The van der Waals surface area contributed by atoms with Gasteiger partial charge >= 0.3 is 0 Å². The van der Waals surface area contributed by atoms with Crippen molar-refractivity contribution in [2.24, 2.45) is 0 Å². The largest absolute Gasteiger partial charge is 0.389 e. The number of aryl methyl sites for hydroxylation is 2. The summed E-state index contributed by atoms with van der Waals surface area (Å²) in [6, 6.07) is 6.56. The predicted octanol–water partition coefficient (Wildman–Crippen LogP) is 3.44. The second-order valence-corrected chi connectivity index (χ2v) is 5.41. The van der Waals surface area contributed by atoms with Crippen molar-refractivity contribution in [1.29, 1.82) is 0 Å². The van der Waals surface area contributed by atoms with Gasteiger partial charge in [-0.25, -0.2) is 14.4 Å². The minimum Gasteiger partial charge on any atom is -0.389 e. The molecule has 100 valence electrons. The highest BCUT2D eigenvalue weighted by molar-refractivity contribution is 7.99. The molecular formula is C14H15FN2OS. The van der Waals surface area contributed by atoms with E-state index >= 15 is 0 Å². The molecule has 1 atom stereocenters. The van der Waals surface area contributed by atoms with Gasteiger partial charge in [-0.3, -0.25) is 0 Å². The van der Waals surface area contributed by atoms with Crippen molar-refractivity contribution in [3.8, 4) is 0 Å². The fraction of sp³-hybridized carbons (Fsp3) is 0.286. The summed E-state index contributed by atoms with van der Waals surface area (Å²) in [5.41, 5.74) is 2.27. The Morgan fingerprint density at radius 1 is 1.16 bits per heavy atom. The smallest absolute Gasteiger partial charge is 0.192 e. The van der Waals surface area contributed by atoms with Crippen LogP contribution in [-0.4, -0.2) is 15.1 Å². The summed E-state index contributed by atoms with van der Waals surface area (Å²) in [6.07, 6.45) is -0.675. The lowest BCUT2D eigenvalue weighted by molar-refractivity contribution is 0.198. The minimum absolute atomic E-state index is 0.369. The molecule has 0 amide bonds. The van der Waals surface area contributed by atoms with Crippen LogP contribution < -0.4 is 0 Å². The van der Waals surface area contributed by atoms with E-state index in [0.29, 0.717) is 15.6 Å². The van der Waals surface area contributed by atoms with Gasteiger partial charge < -0.3 is 5.11 Å². The topological polar surface area (TPSA) is 46.0 Å². The molecule has 1 unspecified atom stereocenters. The Morgan fingerprint density at radius 3 is 2.32 bits per heavy atom. The van der Waals surface area contributed by atoms with Crippen LogP contribution in [0.4, 0.5) is 4.39 Å². The van der Waals surface area contributed by atoms with E-state index < -0.39 is 6.10 Å². The first kappa shape index (κ1) is 14.0. The minimum atomic E-state index is -0.675. The highest BCUT2D eigenvalue weighted by Crippen LogP contribution is 2.29. The van der Waals surface area contributed by atoms with Gasteiger partial charge in [0, 0.05) is 11.4 Å². The lowest BCUT2D eigenvalue weighted by Gasteiger charge is -2.08. The number of hydrogen-bond acceptors (Lipinski definition) is 4. The average Bonchev–Trinajstić information content (AvgIpc) is 2.30. The maximum absolute atomic E-state index is 13.9. The Morgan fingerprint density at radius 2 is 1.79 bits per heavy atom. The Hall–Kier alpha value is -1.46.